The van der Waals surface area contributed by atoms with Gasteiger partial charge in [0, 0.05) is 44.5 Å². The van der Waals surface area contributed by atoms with E-state index in [0.29, 0.717) is 31.0 Å². The van der Waals surface area contributed by atoms with Crippen LogP contribution in [0.1, 0.15) is 38.2 Å². The zero-order valence-corrected chi connectivity index (χ0v) is 17.9. The van der Waals surface area contributed by atoms with Gasteiger partial charge in [0.15, 0.2) is 0 Å². The Morgan fingerprint density at radius 1 is 1.10 bits per heavy atom. The summed E-state index contributed by atoms with van der Waals surface area (Å²) in [6.45, 7) is 2.72. The van der Waals surface area contributed by atoms with Crippen LogP contribution in [0.3, 0.4) is 0 Å². The van der Waals surface area contributed by atoms with E-state index in [1.807, 2.05) is 11.0 Å². The summed E-state index contributed by atoms with van der Waals surface area (Å²) in [5.74, 6) is 1.23. The number of nitrogens with one attached hydrogen (secondary N) is 2. The first-order valence-corrected chi connectivity index (χ1v) is 10.5. The number of methoxy groups -OCH3 is 2. The number of rotatable bonds is 8. The number of carbonyl (C=O) groups is 3. The topological polar surface area (TPSA) is 97.0 Å². The summed E-state index contributed by atoms with van der Waals surface area (Å²) in [4.78, 5) is 38.7. The molecular weight excluding hydrogens is 386 g/mol. The highest BCUT2D eigenvalue weighted by molar-refractivity contribution is 5.87. The number of likely N-dealkylation sites (tertiary alicyclic amines) is 1. The molecule has 2 fully saturated rings. The molecule has 8 nitrogen and oxygen atoms in total. The molecule has 2 aliphatic rings. The minimum absolute atomic E-state index is 0.00484. The third-order valence-corrected chi connectivity index (χ3v) is 5.69. The van der Waals surface area contributed by atoms with E-state index in [2.05, 4.69) is 10.6 Å². The lowest BCUT2D eigenvalue weighted by Crippen LogP contribution is -2.53. The molecule has 30 heavy (non-hydrogen) atoms. The Kier molecular flexibility index (Phi) is 7.18. The highest BCUT2D eigenvalue weighted by Crippen LogP contribution is 2.32. The summed E-state index contributed by atoms with van der Waals surface area (Å²) >= 11 is 0. The maximum Gasteiger partial charge on any atom is 0.243 e. The summed E-state index contributed by atoms with van der Waals surface area (Å²) < 4.78 is 10.6. The van der Waals surface area contributed by atoms with Gasteiger partial charge in [0.2, 0.25) is 17.7 Å². The molecule has 3 amide bonds. The Labute approximate surface area is 177 Å². The molecule has 1 aromatic rings. The van der Waals surface area contributed by atoms with E-state index in [-0.39, 0.29) is 29.7 Å². The van der Waals surface area contributed by atoms with E-state index >= 15 is 0 Å². The molecule has 3 rings (SSSR count). The van der Waals surface area contributed by atoms with Crippen LogP contribution in [-0.4, -0.2) is 62.0 Å². The van der Waals surface area contributed by atoms with Gasteiger partial charge in [0.1, 0.15) is 17.5 Å². The fraction of sp³-hybridized carbons (Fsp3) is 0.591. The number of nitrogens with zero attached hydrogens (tertiary/aromatic N) is 1. The van der Waals surface area contributed by atoms with E-state index in [4.69, 9.17) is 9.47 Å². The third kappa shape index (κ3) is 5.64. The van der Waals surface area contributed by atoms with Crippen LogP contribution in [0.25, 0.3) is 0 Å². The van der Waals surface area contributed by atoms with Crippen molar-refractivity contribution in [3.05, 3.63) is 23.8 Å². The van der Waals surface area contributed by atoms with Crippen LogP contribution in [0.5, 0.6) is 11.5 Å². The average Bonchev–Trinajstić information content (AvgIpc) is 3.58. The fourth-order valence-corrected chi connectivity index (χ4v) is 3.83. The van der Waals surface area contributed by atoms with Gasteiger partial charge in [-0.25, -0.2) is 0 Å². The molecular formula is C22H31N3O5. The standard InChI is InChI=1S/C22H31N3O5/c1-14(26)23-19(12-16-6-7-18(29-2)13-20(16)30-3)21(27)24-17-8-10-25(11-9-17)22(28)15-4-5-15/h6-7,13,15,17,19H,4-5,8-12H2,1-3H3,(H,23,26)(H,24,27). The summed E-state index contributed by atoms with van der Waals surface area (Å²) in [7, 11) is 3.13. The lowest BCUT2D eigenvalue weighted by molar-refractivity contribution is -0.134. The molecule has 1 unspecified atom stereocenters. The van der Waals surface area contributed by atoms with Gasteiger partial charge in [-0.05, 0) is 37.3 Å². The van der Waals surface area contributed by atoms with Crippen LogP contribution in [0.4, 0.5) is 0 Å². The molecule has 1 aliphatic heterocycles. The molecule has 1 aromatic carbocycles. The van der Waals surface area contributed by atoms with Gasteiger partial charge in [-0.1, -0.05) is 6.07 Å². The van der Waals surface area contributed by atoms with Crippen molar-refractivity contribution in [2.24, 2.45) is 5.92 Å². The highest BCUT2D eigenvalue weighted by atomic mass is 16.5. The van der Waals surface area contributed by atoms with E-state index in [1.54, 1.807) is 26.4 Å². The van der Waals surface area contributed by atoms with Crippen molar-refractivity contribution in [1.82, 2.24) is 15.5 Å². The van der Waals surface area contributed by atoms with Gasteiger partial charge in [0.05, 0.1) is 14.2 Å². The molecule has 0 aromatic heterocycles. The molecule has 164 valence electrons. The predicted molar refractivity (Wildman–Crippen MR) is 111 cm³/mol. The minimum Gasteiger partial charge on any atom is -0.497 e. The smallest absolute Gasteiger partial charge is 0.243 e. The Hall–Kier alpha value is -2.77. The average molecular weight is 418 g/mol. The largest absolute Gasteiger partial charge is 0.497 e. The van der Waals surface area contributed by atoms with Crippen LogP contribution in [-0.2, 0) is 20.8 Å². The van der Waals surface area contributed by atoms with E-state index in [1.165, 1.54) is 6.92 Å². The number of ether oxygens (including phenoxy) is 2. The van der Waals surface area contributed by atoms with Crippen LogP contribution in [0.15, 0.2) is 18.2 Å². The van der Waals surface area contributed by atoms with Gasteiger partial charge < -0.3 is 25.0 Å². The Bertz CT molecular complexity index is 785. The summed E-state index contributed by atoms with van der Waals surface area (Å²) in [5.41, 5.74) is 0.803. The molecule has 1 saturated carbocycles. The quantitative estimate of drug-likeness (QED) is 0.664. The lowest BCUT2D eigenvalue weighted by atomic mass is 10.0. The number of piperidine rings is 1. The van der Waals surface area contributed by atoms with Crippen molar-refractivity contribution in [3.8, 4) is 11.5 Å². The molecule has 0 spiro atoms. The number of benzene rings is 1. The molecule has 1 heterocycles. The zero-order chi connectivity index (χ0) is 21.7. The first-order valence-electron chi connectivity index (χ1n) is 10.5. The molecule has 8 heteroatoms. The zero-order valence-electron chi connectivity index (χ0n) is 17.9. The van der Waals surface area contributed by atoms with E-state index < -0.39 is 6.04 Å². The maximum absolute atomic E-state index is 12.9. The number of hydrogen-bond acceptors (Lipinski definition) is 5. The van der Waals surface area contributed by atoms with Crippen molar-refractivity contribution in [3.63, 3.8) is 0 Å². The van der Waals surface area contributed by atoms with Gasteiger partial charge >= 0.3 is 0 Å². The highest BCUT2D eigenvalue weighted by Gasteiger charge is 2.35. The second-order valence-electron chi connectivity index (χ2n) is 8.02. The molecule has 2 N–H and O–H groups in total. The van der Waals surface area contributed by atoms with Gasteiger partial charge in [-0.2, -0.15) is 0 Å². The number of hydrogen-bond donors (Lipinski definition) is 2. The summed E-state index contributed by atoms with van der Waals surface area (Å²) in [5, 5.41) is 5.80. The SMILES string of the molecule is COc1ccc(CC(NC(C)=O)C(=O)NC2CCN(C(=O)C3CC3)CC2)c(OC)c1. The van der Waals surface area contributed by atoms with E-state index in [0.717, 1.165) is 31.2 Å². The normalized spacial score (nSPS) is 17.8. The maximum atomic E-state index is 12.9. The van der Waals surface area contributed by atoms with Crippen LogP contribution >= 0.6 is 0 Å². The third-order valence-electron chi connectivity index (χ3n) is 5.69. The van der Waals surface area contributed by atoms with Crippen LogP contribution in [0, 0.1) is 5.92 Å². The Morgan fingerprint density at radius 2 is 1.80 bits per heavy atom. The summed E-state index contributed by atoms with van der Waals surface area (Å²) in [6.07, 6.45) is 3.76. The summed E-state index contributed by atoms with van der Waals surface area (Å²) in [6, 6.07) is 4.67. The van der Waals surface area contributed by atoms with Gasteiger partial charge in [-0.15, -0.1) is 0 Å². The van der Waals surface area contributed by atoms with Crippen molar-refractivity contribution >= 4 is 17.7 Å². The van der Waals surface area contributed by atoms with Gasteiger partial charge in [0.25, 0.3) is 0 Å². The van der Waals surface area contributed by atoms with Crippen molar-refractivity contribution in [1.29, 1.82) is 0 Å². The number of carbonyl (C=O) groups excluding carboxylic acids is 3. The Morgan fingerprint density at radius 3 is 2.37 bits per heavy atom. The van der Waals surface area contributed by atoms with Crippen LogP contribution in [0.2, 0.25) is 0 Å². The lowest BCUT2D eigenvalue weighted by Gasteiger charge is -2.33. The minimum atomic E-state index is -0.712. The molecule has 0 bridgehead atoms. The second-order valence-corrected chi connectivity index (χ2v) is 8.02. The van der Waals surface area contributed by atoms with Crippen molar-refractivity contribution in [2.45, 2.75) is 51.1 Å². The van der Waals surface area contributed by atoms with Crippen molar-refractivity contribution in [2.75, 3.05) is 27.3 Å². The second kappa shape index (κ2) is 9.82. The van der Waals surface area contributed by atoms with E-state index in [9.17, 15) is 14.4 Å². The molecule has 1 aliphatic carbocycles. The fourth-order valence-electron chi connectivity index (χ4n) is 3.83. The number of amides is 3. The first kappa shape index (κ1) is 21.9. The molecule has 1 saturated heterocycles. The van der Waals surface area contributed by atoms with Crippen LogP contribution < -0.4 is 20.1 Å². The monoisotopic (exact) mass is 417 g/mol. The van der Waals surface area contributed by atoms with Crippen molar-refractivity contribution < 1.29 is 23.9 Å². The molecule has 0 radical (unpaired) electrons. The van der Waals surface area contributed by atoms with Gasteiger partial charge in [-0.3, -0.25) is 14.4 Å². The Balaban J connectivity index is 1.60. The predicted octanol–water partition coefficient (Wildman–Crippen LogP) is 1.27. The molecule has 1 atom stereocenters. The first-order chi connectivity index (χ1) is 14.4.